The average molecular weight is 326 g/mol. The van der Waals surface area contributed by atoms with Gasteiger partial charge in [0.25, 0.3) is 0 Å². The molecular weight excluding hydrogens is 304 g/mol. The number of hydrogen-bond donors (Lipinski definition) is 3. The maximum absolute atomic E-state index is 12.1. The second-order valence-corrected chi connectivity index (χ2v) is 6.61. The van der Waals surface area contributed by atoms with Gasteiger partial charge in [-0.3, -0.25) is 4.79 Å². The number of aliphatic hydroxyl groups excluding tert-OH is 1. The van der Waals surface area contributed by atoms with E-state index in [1.807, 2.05) is 24.3 Å². The van der Waals surface area contributed by atoms with Crippen molar-refractivity contribution in [2.24, 2.45) is 0 Å². The zero-order valence-electron chi connectivity index (χ0n) is 13.5. The standard InChI is InChI=1S/C18H22N4O2/c23-14-9-15(19-10-14)18(24)20-13-6-4-12(5-7-13)16-11-22-8-2-1-3-17(22)21-16/h4-7,11,14-15,19,23H,1-3,8-10H2,(H,20,24). The number of benzene rings is 1. The van der Waals surface area contributed by atoms with Crippen LogP contribution in [0.1, 0.15) is 25.1 Å². The van der Waals surface area contributed by atoms with Crippen molar-refractivity contribution in [3.05, 3.63) is 36.3 Å². The molecule has 0 spiro atoms. The van der Waals surface area contributed by atoms with Gasteiger partial charge >= 0.3 is 0 Å². The number of imidazole rings is 1. The number of amides is 1. The molecule has 0 radical (unpaired) electrons. The molecule has 6 heteroatoms. The predicted molar refractivity (Wildman–Crippen MR) is 91.6 cm³/mol. The molecule has 3 heterocycles. The van der Waals surface area contributed by atoms with Crippen LogP contribution >= 0.6 is 0 Å². The molecule has 0 bridgehead atoms. The van der Waals surface area contributed by atoms with Gasteiger partial charge in [0, 0.05) is 37.0 Å². The monoisotopic (exact) mass is 326 g/mol. The fourth-order valence-electron chi connectivity index (χ4n) is 3.42. The van der Waals surface area contributed by atoms with Crippen LogP contribution in [0.25, 0.3) is 11.3 Å². The number of aryl methyl sites for hydroxylation is 2. The summed E-state index contributed by atoms with van der Waals surface area (Å²) in [5.74, 6) is 1.07. The van der Waals surface area contributed by atoms with Gasteiger partial charge in [0.1, 0.15) is 5.82 Å². The number of fused-ring (bicyclic) bond motifs is 1. The van der Waals surface area contributed by atoms with Crippen LogP contribution < -0.4 is 10.6 Å². The number of carbonyl (C=O) groups is 1. The second-order valence-electron chi connectivity index (χ2n) is 6.61. The summed E-state index contributed by atoms with van der Waals surface area (Å²) < 4.78 is 2.24. The lowest BCUT2D eigenvalue weighted by Gasteiger charge is -2.11. The summed E-state index contributed by atoms with van der Waals surface area (Å²) in [4.78, 5) is 16.9. The molecule has 4 rings (SSSR count). The molecule has 2 atom stereocenters. The molecule has 2 aliphatic rings. The lowest BCUT2D eigenvalue weighted by atomic mass is 10.1. The molecule has 3 N–H and O–H groups in total. The lowest BCUT2D eigenvalue weighted by Crippen LogP contribution is -2.35. The molecule has 1 fully saturated rings. The molecule has 1 aromatic carbocycles. The van der Waals surface area contributed by atoms with E-state index in [4.69, 9.17) is 4.98 Å². The van der Waals surface area contributed by atoms with Gasteiger partial charge in [0.2, 0.25) is 5.91 Å². The molecule has 1 saturated heterocycles. The van der Waals surface area contributed by atoms with Gasteiger partial charge in [-0.25, -0.2) is 4.98 Å². The van der Waals surface area contributed by atoms with Gasteiger partial charge in [0.05, 0.1) is 17.8 Å². The third-order valence-electron chi connectivity index (χ3n) is 4.78. The summed E-state index contributed by atoms with van der Waals surface area (Å²) in [5, 5.41) is 15.4. The van der Waals surface area contributed by atoms with Crippen molar-refractivity contribution in [3.63, 3.8) is 0 Å². The zero-order valence-corrected chi connectivity index (χ0v) is 13.5. The van der Waals surface area contributed by atoms with Gasteiger partial charge in [-0.1, -0.05) is 12.1 Å². The first-order chi connectivity index (χ1) is 11.7. The maximum Gasteiger partial charge on any atom is 0.241 e. The Morgan fingerprint density at radius 1 is 1.29 bits per heavy atom. The maximum atomic E-state index is 12.1. The van der Waals surface area contributed by atoms with Crippen molar-refractivity contribution in [2.75, 3.05) is 11.9 Å². The zero-order chi connectivity index (χ0) is 16.5. The van der Waals surface area contributed by atoms with E-state index in [9.17, 15) is 9.90 Å². The summed E-state index contributed by atoms with van der Waals surface area (Å²) in [7, 11) is 0. The predicted octanol–water partition coefficient (Wildman–Crippen LogP) is 1.55. The van der Waals surface area contributed by atoms with E-state index in [0.717, 1.165) is 29.9 Å². The summed E-state index contributed by atoms with van der Waals surface area (Å²) in [6.45, 7) is 1.53. The summed E-state index contributed by atoms with van der Waals surface area (Å²) in [6, 6.07) is 7.45. The van der Waals surface area contributed by atoms with Crippen LogP contribution in [0.5, 0.6) is 0 Å². The number of nitrogens with one attached hydrogen (secondary N) is 2. The molecule has 0 saturated carbocycles. The van der Waals surface area contributed by atoms with Gasteiger partial charge < -0.3 is 20.3 Å². The van der Waals surface area contributed by atoms with Gasteiger partial charge in [0.15, 0.2) is 0 Å². The largest absolute Gasteiger partial charge is 0.392 e. The van der Waals surface area contributed by atoms with E-state index >= 15 is 0 Å². The molecule has 2 aliphatic heterocycles. The van der Waals surface area contributed by atoms with Crippen LogP contribution in [0.3, 0.4) is 0 Å². The van der Waals surface area contributed by atoms with Crippen molar-refractivity contribution >= 4 is 11.6 Å². The van der Waals surface area contributed by atoms with E-state index in [-0.39, 0.29) is 11.9 Å². The van der Waals surface area contributed by atoms with Crippen LogP contribution in [0.4, 0.5) is 5.69 Å². The average Bonchev–Trinajstić information content (AvgIpc) is 3.21. The summed E-state index contributed by atoms with van der Waals surface area (Å²) >= 11 is 0. The lowest BCUT2D eigenvalue weighted by molar-refractivity contribution is -0.117. The highest BCUT2D eigenvalue weighted by molar-refractivity contribution is 5.95. The topological polar surface area (TPSA) is 79.2 Å². The highest BCUT2D eigenvalue weighted by atomic mass is 16.3. The van der Waals surface area contributed by atoms with Crippen LogP contribution in [0.15, 0.2) is 30.5 Å². The van der Waals surface area contributed by atoms with E-state index < -0.39 is 6.10 Å². The fraction of sp³-hybridized carbons (Fsp3) is 0.444. The smallest absolute Gasteiger partial charge is 0.241 e. The molecule has 6 nitrogen and oxygen atoms in total. The Morgan fingerprint density at radius 2 is 2.12 bits per heavy atom. The minimum Gasteiger partial charge on any atom is -0.392 e. The SMILES string of the molecule is O=C(Nc1ccc(-c2cn3c(n2)CCCC3)cc1)C1CC(O)CN1. The molecule has 126 valence electrons. The quantitative estimate of drug-likeness (QED) is 0.799. The van der Waals surface area contributed by atoms with E-state index in [0.29, 0.717) is 13.0 Å². The first-order valence-electron chi connectivity index (χ1n) is 8.58. The van der Waals surface area contributed by atoms with Gasteiger partial charge in [-0.05, 0) is 31.4 Å². The number of carbonyl (C=O) groups excluding carboxylic acids is 1. The molecule has 1 aromatic heterocycles. The molecule has 0 aliphatic carbocycles. The first-order valence-corrected chi connectivity index (χ1v) is 8.58. The Hall–Kier alpha value is -2.18. The molecule has 2 aromatic rings. The van der Waals surface area contributed by atoms with Crippen molar-refractivity contribution in [1.82, 2.24) is 14.9 Å². The number of anilines is 1. The van der Waals surface area contributed by atoms with E-state index in [1.165, 1.54) is 18.7 Å². The van der Waals surface area contributed by atoms with Crippen molar-refractivity contribution in [2.45, 2.75) is 44.4 Å². The Bertz CT molecular complexity index is 714. The Kier molecular flexibility index (Phi) is 4.08. The van der Waals surface area contributed by atoms with Crippen LogP contribution in [0, 0.1) is 0 Å². The second kappa shape index (κ2) is 6.37. The Labute approximate surface area is 140 Å². The number of rotatable bonds is 3. The summed E-state index contributed by atoms with van der Waals surface area (Å²) in [5.41, 5.74) is 2.81. The van der Waals surface area contributed by atoms with Gasteiger partial charge in [-0.15, -0.1) is 0 Å². The highest BCUT2D eigenvalue weighted by Gasteiger charge is 2.27. The minimum atomic E-state index is -0.435. The number of β-amino-alcohol motifs (C(OH)–C–C–N with tert-alkyl or cyclic N) is 1. The summed E-state index contributed by atoms with van der Waals surface area (Å²) in [6.07, 6.45) is 5.63. The van der Waals surface area contributed by atoms with Crippen molar-refractivity contribution in [3.8, 4) is 11.3 Å². The fourth-order valence-corrected chi connectivity index (χ4v) is 3.42. The molecule has 2 unspecified atom stereocenters. The van der Waals surface area contributed by atoms with Crippen molar-refractivity contribution in [1.29, 1.82) is 0 Å². The minimum absolute atomic E-state index is 0.100. The van der Waals surface area contributed by atoms with E-state index in [2.05, 4.69) is 21.4 Å². The molecule has 1 amide bonds. The van der Waals surface area contributed by atoms with Gasteiger partial charge in [-0.2, -0.15) is 0 Å². The number of nitrogens with zero attached hydrogens (tertiary/aromatic N) is 2. The van der Waals surface area contributed by atoms with Crippen LogP contribution in [-0.4, -0.2) is 39.3 Å². The van der Waals surface area contributed by atoms with Crippen LogP contribution in [-0.2, 0) is 17.8 Å². The molecular formula is C18H22N4O2. The third kappa shape index (κ3) is 3.07. The Morgan fingerprint density at radius 3 is 2.83 bits per heavy atom. The first kappa shape index (κ1) is 15.4. The Balaban J connectivity index is 1.44. The normalized spacial score (nSPS) is 23.0. The number of aromatic nitrogens is 2. The molecule has 24 heavy (non-hydrogen) atoms. The highest BCUT2D eigenvalue weighted by Crippen LogP contribution is 2.24. The number of aliphatic hydroxyl groups is 1. The number of hydrogen-bond acceptors (Lipinski definition) is 4. The van der Waals surface area contributed by atoms with Crippen LogP contribution in [0.2, 0.25) is 0 Å². The third-order valence-corrected chi connectivity index (χ3v) is 4.78. The van der Waals surface area contributed by atoms with E-state index in [1.54, 1.807) is 0 Å². The van der Waals surface area contributed by atoms with Crippen molar-refractivity contribution < 1.29 is 9.90 Å².